The van der Waals surface area contributed by atoms with Gasteiger partial charge in [0.1, 0.15) is 5.82 Å². The third-order valence-corrected chi connectivity index (χ3v) is 3.97. The molecule has 0 unspecified atom stereocenters. The molecule has 2 aromatic carbocycles. The van der Waals surface area contributed by atoms with Crippen LogP contribution in [0.15, 0.2) is 53.0 Å². The van der Waals surface area contributed by atoms with Gasteiger partial charge in [-0.15, -0.1) is 0 Å². The van der Waals surface area contributed by atoms with Crippen LogP contribution in [0.2, 0.25) is 0 Å². The summed E-state index contributed by atoms with van der Waals surface area (Å²) in [6.45, 7) is 2.52. The van der Waals surface area contributed by atoms with Gasteiger partial charge < -0.3 is 10.2 Å². The molecule has 126 valence electrons. The van der Waals surface area contributed by atoms with Crippen LogP contribution in [0.1, 0.15) is 22.8 Å². The maximum absolute atomic E-state index is 12.8. The number of hydrogen-bond donors (Lipinski definition) is 1. The molecule has 0 aliphatic rings. The lowest BCUT2D eigenvalue weighted by atomic mass is 10.2. The van der Waals surface area contributed by atoms with Crippen molar-refractivity contribution in [2.75, 3.05) is 13.1 Å². The number of carbonyl (C=O) groups excluding carboxylic acids is 2. The van der Waals surface area contributed by atoms with Crippen LogP contribution in [0, 0.1) is 5.82 Å². The maximum Gasteiger partial charge on any atom is 0.254 e. The molecule has 0 aliphatic carbocycles. The van der Waals surface area contributed by atoms with Crippen LogP contribution in [-0.4, -0.2) is 29.8 Å². The zero-order valence-corrected chi connectivity index (χ0v) is 14.8. The molecule has 0 radical (unpaired) electrons. The molecule has 0 bridgehead atoms. The molecule has 2 amide bonds. The molecule has 2 rings (SSSR count). The van der Waals surface area contributed by atoms with Crippen molar-refractivity contribution in [1.82, 2.24) is 10.2 Å². The molecule has 0 spiro atoms. The molecular weight excluding hydrogens is 375 g/mol. The summed E-state index contributed by atoms with van der Waals surface area (Å²) in [5.74, 6) is -0.776. The molecule has 0 fully saturated rings. The Balaban J connectivity index is 1.92. The van der Waals surface area contributed by atoms with Gasteiger partial charge in [0.15, 0.2) is 0 Å². The van der Waals surface area contributed by atoms with E-state index < -0.39 is 0 Å². The second kappa shape index (κ2) is 8.59. The Morgan fingerprint density at radius 1 is 1.17 bits per heavy atom. The standard InChI is InChI=1S/C18H18BrFN2O2/c1-2-22(18(24)14-4-3-5-15(19)10-14)12-17(23)21-11-13-6-8-16(20)9-7-13/h3-10H,2,11-12H2,1H3,(H,21,23). The largest absolute Gasteiger partial charge is 0.350 e. The first-order chi connectivity index (χ1) is 11.5. The van der Waals surface area contributed by atoms with E-state index in [1.54, 1.807) is 30.3 Å². The van der Waals surface area contributed by atoms with E-state index in [1.807, 2.05) is 13.0 Å². The Bertz CT molecular complexity index is 719. The molecule has 1 N–H and O–H groups in total. The molecule has 6 heteroatoms. The van der Waals surface area contributed by atoms with Crippen molar-refractivity contribution in [1.29, 1.82) is 0 Å². The number of benzene rings is 2. The Morgan fingerprint density at radius 3 is 2.50 bits per heavy atom. The summed E-state index contributed by atoms with van der Waals surface area (Å²) in [5, 5.41) is 2.74. The fourth-order valence-corrected chi connectivity index (χ4v) is 2.56. The van der Waals surface area contributed by atoms with Crippen LogP contribution >= 0.6 is 15.9 Å². The molecular formula is C18H18BrFN2O2. The van der Waals surface area contributed by atoms with Crippen LogP contribution in [0.5, 0.6) is 0 Å². The molecule has 0 heterocycles. The van der Waals surface area contributed by atoms with E-state index in [9.17, 15) is 14.0 Å². The third kappa shape index (κ3) is 5.16. The maximum atomic E-state index is 12.8. The summed E-state index contributed by atoms with van der Waals surface area (Å²) in [6.07, 6.45) is 0. The first kappa shape index (κ1) is 18.1. The number of nitrogens with one attached hydrogen (secondary N) is 1. The minimum Gasteiger partial charge on any atom is -0.350 e. The lowest BCUT2D eigenvalue weighted by Gasteiger charge is -2.20. The average molecular weight is 393 g/mol. The Hall–Kier alpha value is -2.21. The van der Waals surface area contributed by atoms with Crippen molar-refractivity contribution in [3.63, 3.8) is 0 Å². The van der Waals surface area contributed by atoms with Gasteiger partial charge in [-0.2, -0.15) is 0 Å². The topological polar surface area (TPSA) is 49.4 Å². The number of hydrogen-bond acceptors (Lipinski definition) is 2. The molecule has 2 aromatic rings. The predicted octanol–water partition coefficient (Wildman–Crippen LogP) is 3.37. The van der Waals surface area contributed by atoms with Gasteiger partial charge in [-0.3, -0.25) is 9.59 Å². The van der Waals surface area contributed by atoms with Crippen LogP contribution in [-0.2, 0) is 11.3 Å². The molecule has 0 aromatic heterocycles. The van der Waals surface area contributed by atoms with Crippen LogP contribution < -0.4 is 5.32 Å². The molecule has 4 nitrogen and oxygen atoms in total. The summed E-state index contributed by atoms with van der Waals surface area (Å²) >= 11 is 3.33. The van der Waals surface area contributed by atoms with E-state index >= 15 is 0 Å². The minimum absolute atomic E-state index is 0.0248. The summed E-state index contributed by atoms with van der Waals surface area (Å²) in [6, 6.07) is 13.0. The van der Waals surface area contributed by atoms with Crippen LogP contribution in [0.25, 0.3) is 0 Å². The van der Waals surface area contributed by atoms with Crippen molar-refractivity contribution < 1.29 is 14.0 Å². The molecule has 0 atom stereocenters. The van der Waals surface area contributed by atoms with E-state index in [0.717, 1.165) is 10.0 Å². The SMILES string of the molecule is CCN(CC(=O)NCc1ccc(F)cc1)C(=O)c1cccc(Br)c1. The highest BCUT2D eigenvalue weighted by molar-refractivity contribution is 9.10. The summed E-state index contributed by atoms with van der Waals surface area (Å²) in [5.41, 5.74) is 1.32. The van der Waals surface area contributed by atoms with Gasteiger partial charge in [0.2, 0.25) is 5.91 Å². The van der Waals surface area contributed by atoms with Crippen molar-refractivity contribution >= 4 is 27.7 Å². The zero-order chi connectivity index (χ0) is 17.5. The second-order valence-corrected chi connectivity index (χ2v) is 6.15. The lowest BCUT2D eigenvalue weighted by molar-refractivity contribution is -0.121. The van der Waals surface area contributed by atoms with Gasteiger partial charge in [-0.05, 0) is 42.8 Å². The van der Waals surface area contributed by atoms with Crippen molar-refractivity contribution in [2.24, 2.45) is 0 Å². The number of rotatable bonds is 6. The molecule has 0 aliphatic heterocycles. The Morgan fingerprint density at radius 2 is 1.88 bits per heavy atom. The number of carbonyl (C=O) groups is 2. The monoisotopic (exact) mass is 392 g/mol. The van der Waals surface area contributed by atoms with Crippen LogP contribution in [0.3, 0.4) is 0 Å². The predicted molar refractivity (Wildman–Crippen MR) is 94.0 cm³/mol. The zero-order valence-electron chi connectivity index (χ0n) is 13.3. The van der Waals surface area contributed by atoms with Gasteiger partial charge in [0.25, 0.3) is 5.91 Å². The first-order valence-corrected chi connectivity index (χ1v) is 8.35. The molecule has 24 heavy (non-hydrogen) atoms. The average Bonchev–Trinajstić information content (AvgIpc) is 2.58. The second-order valence-electron chi connectivity index (χ2n) is 5.23. The molecule has 0 saturated carbocycles. The van der Waals surface area contributed by atoms with Gasteiger partial charge in [0.05, 0.1) is 6.54 Å². The Kier molecular flexibility index (Phi) is 6.49. The van der Waals surface area contributed by atoms with Gasteiger partial charge in [0, 0.05) is 23.1 Å². The number of halogens is 2. The van der Waals surface area contributed by atoms with Gasteiger partial charge in [-0.1, -0.05) is 34.1 Å². The van der Waals surface area contributed by atoms with Gasteiger partial charge >= 0.3 is 0 Å². The number of likely N-dealkylation sites (N-methyl/N-ethyl adjacent to an activating group) is 1. The first-order valence-electron chi connectivity index (χ1n) is 7.55. The van der Waals surface area contributed by atoms with Crippen molar-refractivity contribution in [2.45, 2.75) is 13.5 Å². The highest BCUT2D eigenvalue weighted by Gasteiger charge is 2.17. The van der Waals surface area contributed by atoms with E-state index in [2.05, 4.69) is 21.2 Å². The highest BCUT2D eigenvalue weighted by Crippen LogP contribution is 2.13. The highest BCUT2D eigenvalue weighted by atomic mass is 79.9. The molecule has 0 saturated heterocycles. The van der Waals surface area contributed by atoms with Gasteiger partial charge in [-0.25, -0.2) is 4.39 Å². The van der Waals surface area contributed by atoms with E-state index in [1.165, 1.54) is 17.0 Å². The fourth-order valence-electron chi connectivity index (χ4n) is 2.16. The van der Waals surface area contributed by atoms with E-state index in [-0.39, 0.29) is 24.2 Å². The van der Waals surface area contributed by atoms with Crippen molar-refractivity contribution in [3.8, 4) is 0 Å². The number of amides is 2. The fraction of sp³-hybridized carbons (Fsp3) is 0.222. The third-order valence-electron chi connectivity index (χ3n) is 3.48. The van der Waals surface area contributed by atoms with E-state index in [4.69, 9.17) is 0 Å². The number of nitrogens with zero attached hydrogens (tertiary/aromatic N) is 1. The van der Waals surface area contributed by atoms with E-state index in [0.29, 0.717) is 18.7 Å². The smallest absolute Gasteiger partial charge is 0.254 e. The quantitative estimate of drug-likeness (QED) is 0.818. The summed E-state index contributed by atoms with van der Waals surface area (Å²) < 4.78 is 13.7. The summed E-state index contributed by atoms with van der Waals surface area (Å²) in [7, 11) is 0. The van der Waals surface area contributed by atoms with Crippen LogP contribution in [0.4, 0.5) is 4.39 Å². The summed E-state index contributed by atoms with van der Waals surface area (Å²) in [4.78, 5) is 26.0. The van der Waals surface area contributed by atoms with Crippen molar-refractivity contribution in [3.05, 3.63) is 69.9 Å². The minimum atomic E-state index is -0.318. The lowest BCUT2D eigenvalue weighted by Crippen LogP contribution is -2.40. The Labute approximate surface area is 148 Å². The normalized spacial score (nSPS) is 10.3.